The lowest BCUT2D eigenvalue weighted by molar-refractivity contribution is 0.0700. The maximum atomic E-state index is 13.0. The molecule has 21 heavy (non-hydrogen) atoms. The minimum atomic E-state index is -0.628. The summed E-state index contributed by atoms with van der Waals surface area (Å²) in [6, 6.07) is 5.56. The van der Waals surface area contributed by atoms with Crippen molar-refractivity contribution in [2.45, 2.75) is 25.5 Å². The van der Waals surface area contributed by atoms with Crippen LogP contribution in [0.15, 0.2) is 28.8 Å². The van der Waals surface area contributed by atoms with Crippen LogP contribution in [0.3, 0.4) is 0 Å². The van der Waals surface area contributed by atoms with Crippen LogP contribution in [0.2, 0.25) is 0 Å². The van der Waals surface area contributed by atoms with Crippen molar-refractivity contribution in [1.82, 2.24) is 15.0 Å². The molecule has 110 valence electrons. The molecule has 1 N–H and O–H groups in total. The van der Waals surface area contributed by atoms with Crippen LogP contribution in [0.1, 0.15) is 34.5 Å². The molecule has 1 saturated heterocycles. The molecular formula is C14H14FN3O3. The number of amides is 1. The molecule has 0 radical (unpaired) electrons. The van der Waals surface area contributed by atoms with Crippen LogP contribution in [-0.2, 0) is 0 Å². The van der Waals surface area contributed by atoms with Crippen LogP contribution >= 0.6 is 0 Å². The fourth-order valence-corrected chi connectivity index (χ4v) is 2.55. The third kappa shape index (κ3) is 2.64. The highest BCUT2D eigenvalue weighted by molar-refractivity contribution is 5.90. The van der Waals surface area contributed by atoms with Crippen LogP contribution in [0.25, 0.3) is 0 Å². The molecule has 2 atom stereocenters. The number of aliphatic hydroxyl groups excluding tert-OH is 1. The number of benzene rings is 1. The smallest absolute Gasteiger partial charge is 0.295 e. The van der Waals surface area contributed by atoms with Gasteiger partial charge in [-0.2, -0.15) is 4.98 Å². The first-order chi connectivity index (χ1) is 10.0. The molecule has 0 spiro atoms. The molecule has 0 unspecified atom stereocenters. The molecule has 2 heterocycles. The maximum absolute atomic E-state index is 13.0. The van der Waals surface area contributed by atoms with Gasteiger partial charge < -0.3 is 14.5 Å². The van der Waals surface area contributed by atoms with E-state index in [4.69, 9.17) is 4.52 Å². The van der Waals surface area contributed by atoms with Crippen LogP contribution in [0, 0.1) is 12.7 Å². The van der Waals surface area contributed by atoms with E-state index in [1.54, 1.807) is 19.1 Å². The summed E-state index contributed by atoms with van der Waals surface area (Å²) in [4.78, 5) is 17.8. The Morgan fingerprint density at radius 2 is 2.14 bits per heavy atom. The Morgan fingerprint density at radius 1 is 1.43 bits per heavy atom. The molecule has 6 nitrogen and oxygen atoms in total. The van der Waals surface area contributed by atoms with E-state index in [9.17, 15) is 14.3 Å². The Kier molecular flexibility index (Phi) is 3.42. The van der Waals surface area contributed by atoms with Gasteiger partial charge in [-0.25, -0.2) is 4.39 Å². The van der Waals surface area contributed by atoms with Crippen molar-refractivity contribution in [2.24, 2.45) is 0 Å². The number of β-amino-alcohol motifs (C(OH)–C–C–N with tert-alkyl or cyclic N) is 1. The Hall–Kier alpha value is -2.28. The molecule has 1 aliphatic heterocycles. The number of aliphatic hydroxyl groups is 1. The summed E-state index contributed by atoms with van der Waals surface area (Å²) in [6.07, 6.45) is -0.231. The normalized spacial score (nSPS) is 21.8. The van der Waals surface area contributed by atoms with Crippen molar-refractivity contribution in [1.29, 1.82) is 0 Å². The monoisotopic (exact) mass is 291 g/mol. The number of likely N-dealkylation sites (tertiary alicyclic amines) is 1. The van der Waals surface area contributed by atoms with Gasteiger partial charge in [0.15, 0.2) is 0 Å². The van der Waals surface area contributed by atoms with Crippen molar-refractivity contribution in [3.63, 3.8) is 0 Å². The molecule has 3 rings (SSSR count). The Labute approximate surface area is 120 Å². The lowest BCUT2D eigenvalue weighted by Gasteiger charge is -2.23. The zero-order chi connectivity index (χ0) is 15.0. The number of nitrogens with zero attached hydrogens (tertiary/aromatic N) is 3. The van der Waals surface area contributed by atoms with Crippen LogP contribution in [0.5, 0.6) is 0 Å². The standard InChI is InChI=1S/C14H14FN3O3/c1-8-16-13(17-21-8)14(20)18-7-11(19)6-12(18)9-2-4-10(15)5-3-9/h2-5,11-12,19H,6-7H2,1H3/t11-,12+/m0/s1. The average Bonchev–Trinajstić information content (AvgIpc) is 3.05. The molecular weight excluding hydrogens is 277 g/mol. The predicted molar refractivity (Wildman–Crippen MR) is 69.8 cm³/mol. The van der Waals surface area contributed by atoms with Gasteiger partial charge in [0, 0.05) is 13.5 Å². The lowest BCUT2D eigenvalue weighted by Crippen LogP contribution is -2.32. The van der Waals surface area contributed by atoms with Crippen molar-refractivity contribution in [3.05, 3.63) is 47.4 Å². The zero-order valence-corrected chi connectivity index (χ0v) is 11.4. The number of hydrogen-bond acceptors (Lipinski definition) is 5. The largest absolute Gasteiger partial charge is 0.391 e. The van der Waals surface area contributed by atoms with Crippen LogP contribution in [0.4, 0.5) is 4.39 Å². The third-order valence-electron chi connectivity index (χ3n) is 3.51. The number of aromatic nitrogens is 2. The van der Waals surface area contributed by atoms with Crippen LogP contribution < -0.4 is 0 Å². The SMILES string of the molecule is Cc1nc(C(=O)N2C[C@@H](O)C[C@@H]2c2ccc(F)cc2)no1. The highest BCUT2D eigenvalue weighted by Crippen LogP contribution is 2.33. The van der Waals surface area contributed by atoms with E-state index in [0.29, 0.717) is 12.3 Å². The first kappa shape index (κ1) is 13.7. The first-order valence-corrected chi connectivity index (χ1v) is 6.59. The molecule has 7 heteroatoms. The molecule has 0 saturated carbocycles. The van der Waals surface area contributed by atoms with E-state index in [-0.39, 0.29) is 24.2 Å². The highest BCUT2D eigenvalue weighted by atomic mass is 19.1. The fraction of sp³-hybridized carbons (Fsp3) is 0.357. The molecule has 1 amide bonds. The number of hydrogen-bond donors (Lipinski definition) is 1. The van der Waals surface area contributed by atoms with Gasteiger partial charge in [0.05, 0.1) is 12.1 Å². The van der Waals surface area contributed by atoms with E-state index >= 15 is 0 Å². The second kappa shape index (κ2) is 5.25. The van der Waals surface area contributed by atoms with Gasteiger partial charge in [0.1, 0.15) is 5.82 Å². The molecule has 0 bridgehead atoms. The van der Waals surface area contributed by atoms with E-state index in [2.05, 4.69) is 10.1 Å². The van der Waals surface area contributed by atoms with Gasteiger partial charge in [-0.15, -0.1) is 0 Å². The average molecular weight is 291 g/mol. The summed E-state index contributed by atoms with van der Waals surface area (Å²) in [5.41, 5.74) is 0.765. The fourth-order valence-electron chi connectivity index (χ4n) is 2.55. The second-order valence-electron chi connectivity index (χ2n) is 5.05. The summed E-state index contributed by atoms with van der Waals surface area (Å²) < 4.78 is 17.8. The summed E-state index contributed by atoms with van der Waals surface area (Å²) >= 11 is 0. The molecule has 2 aromatic rings. The molecule has 1 aromatic heterocycles. The van der Waals surface area contributed by atoms with Crippen molar-refractivity contribution in [2.75, 3.05) is 6.54 Å². The Bertz CT molecular complexity index is 656. The van der Waals surface area contributed by atoms with E-state index < -0.39 is 12.0 Å². The number of rotatable bonds is 2. The quantitative estimate of drug-likeness (QED) is 0.906. The first-order valence-electron chi connectivity index (χ1n) is 6.59. The van der Waals surface area contributed by atoms with Gasteiger partial charge in [0.2, 0.25) is 5.89 Å². The van der Waals surface area contributed by atoms with Gasteiger partial charge in [0.25, 0.3) is 11.7 Å². The van der Waals surface area contributed by atoms with Gasteiger partial charge in [-0.05, 0) is 24.1 Å². The maximum Gasteiger partial charge on any atom is 0.295 e. The predicted octanol–water partition coefficient (Wildman–Crippen LogP) is 1.47. The second-order valence-corrected chi connectivity index (χ2v) is 5.05. The molecule has 1 aromatic carbocycles. The summed E-state index contributed by atoms with van der Waals surface area (Å²) in [7, 11) is 0. The van der Waals surface area contributed by atoms with Gasteiger partial charge in [-0.1, -0.05) is 17.3 Å². The number of aryl methyl sites for hydroxylation is 1. The molecule has 1 fully saturated rings. The molecule has 1 aliphatic rings. The van der Waals surface area contributed by atoms with Crippen molar-refractivity contribution < 1.29 is 18.8 Å². The number of carbonyl (C=O) groups is 1. The summed E-state index contributed by atoms with van der Waals surface area (Å²) in [5.74, 6) is -0.480. The number of carbonyl (C=O) groups excluding carboxylic acids is 1. The minimum Gasteiger partial charge on any atom is -0.391 e. The Balaban J connectivity index is 1.88. The summed E-state index contributed by atoms with van der Waals surface area (Å²) in [5, 5.41) is 13.5. The summed E-state index contributed by atoms with van der Waals surface area (Å²) in [6.45, 7) is 1.79. The van der Waals surface area contributed by atoms with Crippen LogP contribution in [-0.4, -0.2) is 38.7 Å². The molecule has 0 aliphatic carbocycles. The van der Waals surface area contributed by atoms with E-state index in [1.807, 2.05) is 0 Å². The van der Waals surface area contributed by atoms with Gasteiger partial charge in [-0.3, -0.25) is 4.79 Å². The van der Waals surface area contributed by atoms with Gasteiger partial charge >= 0.3 is 0 Å². The van der Waals surface area contributed by atoms with E-state index in [1.165, 1.54) is 17.0 Å². The topological polar surface area (TPSA) is 79.5 Å². The number of halogens is 1. The highest BCUT2D eigenvalue weighted by Gasteiger charge is 2.37. The lowest BCUT2D eigenvalue weighted by atomic mass is 10.0. The van der Waals surface area contributed by atoms with Crippen molar-refractivity contribution in [3.8, 4) is 0 Å². The minimum absolute atomic E-state index is 0.0336. The Morgan fingerprint density at radius 3 is 2.76 bits per heavy atom. The third-order valence-corrected chi connectivity index (χ3v) is 3.51. The van der Waals surface area contributed by atoms with Crippen molar-refractivity contribution >= 4 is 5.91 Å². The van der Waals surface area contributed by atoms with E-state index in [0.717, 1.165) is 5.56 Å². The zero-order valence-electron chi connectivity index (χ0n) is 11.4.